The molecular weight excluding hydrogens is 309 g/mol. The summed E-state index contributed by atoms with van der Waals surface area (Å²) in [7, 11) is 0. The van der Waals surface area contributed by atoms with Crippen LogP contribution in [0.4, 0.5) is 13.2 Å². The highest BCUT2D eigenvalue weighted by Crippen LogP contribution is 2.23. The molecule has 21 heavy (non-hydrogen) atoms. The molecule has 118 valence electrons. The molecule has 2 rings (SSSR count). The molecule has 0 aromatic heterocycles. The lowest BCUT2D eigenvalue weighted by Crippen LogP contribution is -2.46. The summed E-state index contributed by atoms with van der Waals surface area (Å²) in [6, 6.07) is 5.52. The summed E-state index contributed by atoms with van der Waals surface area (Å²) >= 11 is 0. The zero-order valence-corrected chi connectivity index (χ0v) is 12.0. The van der Waals surface area contributed by atoms with Crippen molar-refractivity contribution in [1.82, 2.24) is 10.2 Å². The molecule has 0 radical (unpaired) electrons. The van der Waals surface area contributed by atoms with Gasteiger partial charge < -0.3 is 15.0 Å². The molecule has 1 aromatic carbocycles. The predicted octanol–water partition coefficient (Wildman–Crippen LogP) is 1.98. The summed E-state index contributed by atoms with van der Waals surface area (Å²) in [4.78, 5) is 13.7. The van der Waals surface area contributed by atoms with E-state index < -0.39 is 6.36 Å². The fourth-order valence-electron chi connectivity index (χ4n) is 2.05. The first-order valence-corrected chi connectivity index (χ1v) is 6.27. The van der Waals surface area contributed by atoms with Crippen LogP contribution in [0.2, 0.25) is 0 Å². The van der Waals surface area contributed by atoms with E-state index in [0.29, 0.717) is 18.7 Å². The minimum atomic E-state index is -4.72. The SMILES string of the molecule is Cl.O=C(Cc1cccc(OC(F)(F)F)c1)N1CCNCC1. The fourth-order valence-corrected chi connectivity index (χ4v) is 2.05. The first-order chi connectivity index (χ1) is 9.44. The van der Waals surface area contributed by atoms with Gasteiger partial charge in [-0.15, -0.1) is 25.6 Å². The van der Waals surface area contributed by atoms with Crippen molar-refractivity contribution < 1.29 is 22.7 Å². The smallest absolute Gasteiger partial charge is 0.406 e. The normalized spacial score (nSPS) is 15.3. The number of nitrogens with zero attached hydrogens (tertiary/aromatic N) is 1. The zero-order chi connectivity index (χ0) is 14.6. The minimum Gasteiger partial charge on any atom is -0.406 e. The number of nitrogens with one attached hydrogen (secondary N) is 1. The van der Waals surface area contributed by atoms with Gasteiger partial charge in [0.1, 0.15) is 5.75 Å². The number of carbonyl (C=O) groups excluding carboxylic acids is 1. The molecule has 1 heterocycles. The van der Waals surface area contributed by atoms with Gasteiger partial charge in [-0.2, -0.15) is 0 Å². The summed E-state index contributed by atoms with van der Waals surface area (Å²) in [5.74, 6) is -0.390. The molecule has 0 bridgehead atoms. The van der Waals surface area contributed by atoms with E-state index >= 15 is 0 Å². The van der Waals surface area contributed by atoms with Crippen molar-refractivity contribution >= 4 is 18.3 Å². The van der Waals surface area contributed by atoms with E-state index in [4.69, 9.17) is 0 Å². The van der Waals surface area contributed by atoms with Crippen molar-refractivity contribution in [3.8, 4) is 5.75 Å². The minimum absolute atomic E-state index is 0. The van der Waals surface area contributed by atoms with Gasteiger partial charge in [-0.1, -0.05) is 12.1 Å². The summed E-state index contributed by atoms with van der Waals surface area (Å²) in [5, 5.41) is 3.13. The second kappa shape index (κ2) is 7.51. The van der Waals surface area contributed by atoms with Crippen molar-refractivity contribution in [2.45, 2.75) is 12.8 Å². The molecule has 0 unspecified atom stereocenters. The van der Waals surface area contributed by atoms with Crippen LogP contribution >= 0.6 is 12.4 Å². The Morgan fingerprint density at radius 2 is 1.95 bits per heavy atom. The molecule has 1 aliphatic heterocycles. The number of alkyl halides is 3. The fraction of sp³-hybridized carbons (Fsp3) is 0.462. The van der Waals surface area contributed by atoms with Crippen LogP contribution in [0.1, 0.15) is 5.56 Å². The Morgan fingerprint density at radius 3 is 2.57 bits per heavy atom. The number of carbonyl (C=O) groups is 1. The molecule has 0 atom stereocenters. The highest BCUT2D eigenvalue weighted by Gasteiger charge is 2.31. The molecule has 8 heteroatoms. The lowest BCUT2D eigenvalue weighted by atomic mass is 10.1. The predicted molar refractivity (Wildman–Crippen MR) is 73.5 cm³/mol. The largest absolute Gasteiger partial charge is 0.573 e. The number of amides is 1. The van der Waals surface area contributed by atoms with Crippen molar-refractivity contribution in [1.29, 1.82) is 0 Å². The Labute approximate surface area is 126 Å². The van der Waals surface area contributed by atoms with E-state index in [1.165, 1.54) is 18.2 Å². The van der Waals surface area contributed by atoms with Crippen LogP contribution in [0.15, 0.2) is 24.3 Å². The molecule has 1 saturated heterocycles. The maximum Gasteiger partial charge on any atom is 0.573 e. The van der Waals surface area contributed by atoms with Gasteiger partial charge in [0.05, 0.1) is 6.42 Å². The Kier molecular flexibility index (Phi) is 6.29. The molecule has 1 aromatic rings. The van der Waals surface area contributed by atoms with Crippen LogP contribution in [0.5, 0.6) is 5.75 Å². The molecule has 1 N–H and O–H groups in total. The Bertz CT molecular complexity index is 477. The second-order valence-corrected chi connectivity index (χ2v) is 4.50. The highest BCUT2D eigenvalue weighted by molar-refractivity contribution is 5.85. The second-order valence-electron chi connectivity index (χ2n) is 4.50. The first kappa shape index (κ1) is 17.6. The van der Waals surface area contributed by atoms with Crippen LogP contribution in [-0.2, 0) is 11.2 Å². The third-order valence-corrected chi connectivity index (χ3v) is 2.96. The molecule has 1 amide bonds. The van der Waals surface area contributed by atoms with Crippen molar-refractivity contribution in [2.24, 2.45) is 0 Å². The molecule has 1 aliphatic rings. The number of piperazine rings is 1. The molecular formula is C13H16ClF3N2O2. The van der Waals surface area contributed by atoms with Gasteiger partial charge in [0.15, 0.2) is 0 Å². The summed E-state index contributed by atoms with van der Waals surface area (Å²) in [6.45, 7) is 2.72. The van der Waals surface area contributed by atoms with E-state index in [-0.39, 0.29) is 30.5 Å². The average Bonchev–Trinajstić information content (AvgIpc) is 2.38. The molecule has 0 saturated carbocycles. The van der Waals surface area contributed by atoms with Crippen LogP contribution < -0.4 is 10.1 Å². The Hall–Kier alpha value is -1.47. The number of hydrogen-bond acceptors (Lipinski definition) is 3. The number of hydrogen-bond donors (Lipinski definition) is 1. The van der Waals surface area contributed by atoms with Crippen molar-refractivity contribution in [2.75, 3.05) is 26.2 Å². The molecule has 0 spiro atoms. The summed E-state index contributed by atoms with van der Waals surface area (Å²) in [5.41, 5.74) is 0.510. The maximum atomic E-state index is 12.1. The number of benzene rings is 1. The number of halogens is 4. The van der Waals surface area contributed by atoms with Gasteiger partial charge in [0, 0.05) is 26.2 Å². The van der Waals surface area contributed by atoms with Gasteiger partial charge in [-0.05, 0) is 17.7 Å². The lowest BCUT2D eigenvalue weighted by molar-refractivity contribution is -0.274. The van der Waals surface area contributed by atoms with Gasteiger partial charge >= 0.3 is 6.36 Å². The standard InChI is InChI=1S/C13H15F3N2O2.ClH/c14-13(15,16)20-11-3-1-2-10(8-11)9-12(19)18-6-4-17-5-7-18;/h1-3,8,17H,4-7,9H2;1H. The van der Waals surface area contributed by atoms with Gasteiger partial charge in [-0.25, -0.2) is 0 Å². The van der Waals surface area contributed by atoms with E-state index in [1.54, 1.807) is 11.0 Å². The van der Waals surface area contributed by atoms with E-state index in [2.05, 4.69) is 10.1 Å². The van der Waals surface area contributed by atoms with Gasteiger partial charge in [0.25, 0.3) is 0 Å². The topological polar surface area (TPSA) is 41.6 Å². The maximum absolute atomic E-state index is 12.1. The van der Waals surface area contributed by atoms with Gasteiger partial charge in [-0.3, -0.25) is 4.79 Å². The number of rotatable bonds is 3. The van der Waals surface area contributed by atoms with Crippen LogP contribution in [-0.4, -0.2) is 43.3 Å². The molecule has 1 fully saturated rings. The monoisotopic (exact) mass is 324 g/mol. The van der Waals surface area contributed by atoms with E-state index in [1.807, 2.05) is 0 Å². The number of ether oxygens (including phenoxy) is 1. The van der Waals surface area contributed by atoms with Crippen molar-refractivity contribution in [3.63, 3.8) is 0 Å². The van der Waals surface area contributed by atoms with Crippen LogP contribution in [0, 0.1) is 0 Å². The first-order valence-electron chi connectivity index (χ1n) is 6.27. The van der Waals surface area contributed by atoms with E-state index in [0.717, 1.165) is 13.1 Å². The third-order valence-electron chi connectivity index (χ3n) is 2.96. The molecule has 4 nitrogen and oxygen atoms in total. The van der Waals surface area contributed by atoms with Gasteiger partial charge in [0.2, 0.25) is 5.91 Å². The average molecular weight is 325 g/mol. The van der Waals surface area contributed by atoms with Crippen molar-refractivity contribution in [3.05, 3.63) is 29.8 Å². The Balaban J connectivity index is 0.00000220. The summed E-state index contributed by atoms with van der Waals surface area (Å²) in [6.07, 6.45) is -4.64. The molecule has 0 aliphatic carbocycles. The highest BCUT2D eigenvalue weighted by atomic mass is 35.5. The lowest BCUT2D eigenvalue weighted by Gasteiger charge is -2.27. The van der Waals surface area contributed by atoms with Crippen LogP contribution in [0.3, 0.4) is 0 Å². The van der Waals surface area contributed by atoms with Crippen LogP contribution in [0.25, 0.3) is 0 Å². The van der Waals surface area contributed by atoms with E-state index in [9.17, 15) is 18.0 Å². The quantitative estimate of drug-likeness (QED) is 0.924. The summed E-state index contributed by atoms with van der Waals surface area (Å²) < 4.78 is 40.2. The third kappa shape index (κ3) is 5.81. The Morgan fingerprint density at radius 1 is 1.29 bits per heavy atom. The zero-order valence-electron chi connectivity index (χ0n) is 11.2.